The molecular weight excluding hydrogens is 328 g/mol. The summed E-state index contributed by atoms with van der Waals surface area (Å²) in [6, 6.07) is 1.89. The summed E-state index contributed by atoms with van der Waals surface area (Å²) in [7, 11) is 1.80. The summed E-state index contributed by atoms with van der Waals surface area (Å²) in [6.45, 7) is 1.46. The molecule has 2 aromatic rings. The normalized spacial score (nSPS) is 13.6. The molecule has 0 aromatic carbocycles. The van der Waals surface area contributed by atoms with Gasteiger partial charge in [-0.15, -0.1) is 21.5 Å². The molecule has 0 saturated heterocycles. The van der Waals surface area contributed by atoms with Crippen LogP contribution in [0.25, 0.3) is 0 Å². The lowest BCUT2D eigenvalue weighted by atomic mass is 10.4. The Morgan fingerprint density at radius 1 is 1.58 bits per heavy atom. The molecule has 2 aromatic heterocycles. The number of amides is 1. The van der Waals surface area contributed by atoms with Crippen LogP contribution in [0.1, 0.15) is 27.7 Å². The standard InChI is InChI=1S/C12H13BrN4OS/c1-16(12(18)11-8(13)4-6-19-11)7-10-15-14-9-3-2-5-17(9)10/h4,6H,2-3,5,7H2,1H3. The molecule has 0 spiro atoms. The van der Waals surface area contributed by atoms with Crippen molar-refractivity contribution in [3.05, 3.63) is 32.4 Å². The molecular formula is C12H13BrN4OS. The van der Waals surface area contributed by atoms with Crippen molar-refractivity contribution < 1.29 is 4.79 Å². The quantitative estimate of drug-likeness (QED) is 0.861. The van der Waals surface area contributed by atoms with Crippen LogP contribution in [0.5, 0.6) is 0 Å². The third-order valence-electron chi connectivity index (χ3n) is 3.22. The third kappa shape index (κ3) is 2.32. The SMILES string of the molecule is CN(Cc1nnc2n1CCC2)C(=O)c1sccc1Br. The van der Waals surface area contributed by atoms with E-state index in [9.17, 15) is 4.79 Å². The zero-order chi connectivity index (χ0) is 13.4. The van der Waals surface area contributed by atoms with E-state index < -0.39 is 0 Å². The molecule has 0 fully saturated rings. The van der Waals surface area contributed by atoms with Gasteiger partial charge in [-0.2, -0.15) is 0 Å². The molecule has 0 unspecified atom stereocenters. The number of carbonyl (C=O) groups is 1. The van der Waals surface area contributed by atoms with E-state index in [1.165, 1.54) is 11.3 Å². The lowest BCUT2D eigenvalue weighted by molar-refractivity contribution is 0.0784. The molecule has 1 amide bonds. The number of thiophene rings is 1. The maximum Gasteiger partial charge on any atom is 0.265 e. The fourth-order valence-electron chi connectivity index (χ4n) is 2.23. The average Bonchev–Trinajstić information content (AvgIpc) is 3.06. The average molecular weight is 341 g/mol. The van der Waals surface area contributed by atoms with Crippen molar-refractivity contribution in [1.29, 1.82) is 0 Å². The third-order valence-corrected chi connectivity index (χ3v) is 5.05. The molecule has 0 bridgehead atoms. The van der Waals surface area contributed by atoms with E-state index >= 15 is 0 Å². The number of aromatic nitrogens is 3. The number of nitrogens with zero attached hydrogens (tertiary/aromatic N) is 4. The van der Waals surface area contributed by atoms with Gasteiger partial charge in [0.1, 0.15) is 10.7 Å². The van der Waals surface area contributed by atoms with Gasteiger partial charge in [0, 0.05) is 24.5 Å². The van der Waals surface area contributed by atoms with Crippen molar-refractivity contribution in [2.75, 3.05) is 7.05 Å². The second-order valence-electron chi connectivity index (χ2n) is 4.55. The Bertz CT molecular complexity index is 621. The Morgan fingerprint density at radius 3 is 3.16 bits per heavy atom. The lowest BCUT2D eigenvalue weighted by Crippen LogP contribution is -2.27. The van der Waals surface area contributed by atoms with Gasteiger partial charge in [0.2, 0.25) is 0 Å². The van der Waals surface area contributed by atoms with Crippen LogP contribution in [-0.4, -0.2) is 32.6 Å². The monoisotopic (exact) mass is 340 g/mol. The first-order chi connectivity index (χ1) is 9.16. The highest BCUT2D eigenvalue weighted by Gasteiger charge is 2.21. The highest BCUT2D eigenvalue weighted by Crippen LogP contribution is 2.24. The molecule has 0 radical (unpaired) electrons. The number of hydrogen-bond donors (Lipinski definition) is 0. The number of rotatable bonds is 3. The van der Waals surface area contributed by atoms with E-state index in [1.807, 2.05) is 11.4 Å². The van der Waals surface area contributed by atoms with Gasteiger partial charge in [0.25, 0.3) is 5.91 Å². The Kier molecular flexibility index (Phi) is 3.40. The summed E-state index contributed by atoms with van der Waals surface area (Å²) < 4.78 is 2.97. The van der Waals surface area contributed by atoms with E-state index in [0.29, 0.717) is 6.54 Å². The van der Waals surface area contributed by atoms with Crippen LogP contribution in [0, 0.1) is 0 Å². The maximum absolute atomic E-state index is 12.3. The topological polar surface area (TPSA) is 51.0 Å². The van der Waals surface area contributed by atoms with Gasteiger partial charge >= 0.3 is 0 Å². The first kappa shape index (κ1) is 12.8. The Hall–Kier alpha value is -1.21. The second kappa shape index (κ2) is 5.05. The van der Waals surface area contributed by atoms with E-state index in [2.05, 4.69) is 30.7 Å². The zero-order valence-corrected chi connectivity index (χ0v) is 12.9. The molecule has 7 heteroatoms. The maximum atomic E-state index is 12.3. The summed E-state index contributed by atoms with van der Waals surface area (Å²) in [5, 5.41) is 10.2. The van der Waals surface area contributed by atoms with Crippen molar-refractivity contribution in [1.82, 2.24) is 19.7 Å². The van der Waals surface area contributed by atoms with Crippen LogP contribution in [0.4, 0.5) is 0 Å². The van der Waals surface area contributed by atoms with Gasteiger partial charge in [0.05, 0.1) is 6.54 Å². The first-order valence-electron chi connectivity index (χ1n) is 6.06. The molecule has 1 aliphatic rings. The second-order valence-corrected chi connectivity index (χ2v) is 6.32. The van der Waals surface area contributed by atoms with E-state index in [0.717, 1.165) is 40.4 Å². The van der Waals surface area contributed by atoms with Gasteiger partial charge in [-0.1, -0.05) is 0 Å². The van der Waals surface area contributed by atoms with Crippen molar-refractivity contribution in [2.24, 2.45) is 0 Å². The largest absolute Gasteiger partial charge is 0.333 e. The summed E-state index contributed by atoms with van der Waals surface area (Å²) in [5.74, 6) is 1.92. The molecule has 0 saturated carbocycles. The van der Waals surface area contributed by atoms with Gasteiger partial charge in [-0.25, -0.2) is 0 Å². The molecule has 19 heavy (non-hydrogen) atoms. The Morgan fingerprint density at radius 2 is 2.42 bits per heavy atom. The van der Waals surface area contributed by atoms with Crippen LogP contribution < -0.4 is 0 Å². The molecule has 100 valence electrons. The van der Waals surface area contributed by atoms with Gasteiger partial charge in [-0.05, 0) is 33.8 Å². The van der Waals surface area contributed by atoms with Gasteiger partial charge < -0.3 is 9.47 Å². The van der Waals surface area contributed by atoms with E-state index in [4.69, 9.17) is 0 Å². The minimum Gasteiger partial charge on any atom is -0.333 e. The number of fused-ring (bicyclic) bond motifs is 1. The van der Waals surface area contributed by atoms with Crippen LogP contribution in [0.2, 0.25) is 0 Å². The summed E-state index contributed by atoms with van der Waals surface area (Å²) >= 11 is 4.84. The predicted octanol–water partition coefficient (Wildman–Crippen LogP) is 2.32. The van der Waals surface area contributed by atoms with Crippen LogP contribution in [0.3, 0.4) is 0 Å². The summed E-state index contributed by atoms with van der Waals surface area (Å²) in [6.07, 6.45) is 2.10. The van der Waals surface area contributed by atoms with Crippen molar-refractivity contribution in [3.8, 4) is 0 Å². The molecule has 3 heterocycles. The zero-order valence-electron chi connectivity index (χ0n) is 10.5. The Labute approximate surface area is 123 Å². The number of halogens is 1. The summed E-state index contributed by atoms with van der Waals surface area (Å²) in [5.41, 5.74) is 0. The van der Waals surface area contributed by atoms with Gasteiger partial charge in [0.15, 0.2) is 5.82 Å². The van der Waals surface area contributed by atoms with Gasteiger partial charge in [-0.3, -0.25) is 4.79 Å². The molecule has 0 N–H and O–H groups in total. The van der Waals surface area contributed by atoms with Crippen molar-refractivity contribution in [3.63, 3.8) is 0 Å². The minimum atomic E-state index is 0.0113. The highest BCUT2D eigenvalue weighted by molar-refractivity contribution is 9.10. The van der Waals surface area contributed by atoms with E-state index in [1.54, 1.807) is 11.9 Å². The lowest BCUT2D eigenvalue weighted by Gasteiger charge is -2.16. The Balaban J connectivity index is 1.76. The fourth-order valence-corrected chi connectivity index (χ4v) is 3.77. The number of carbonyl (C=O) groups excluding carboxylic acids is 1. The van der Waals surface area contributed by atoms with Crippen LogP contribution in [0.15, 0.2) is 15.9 Å². The highest BCUT2D eigenvalue weighted by atomic mass is 79.9. The molecule has 5 nitrogen and oxygen atoms in total. The van der Waals surface area contributed by atoms with Crippen molar-refractivity contribution >= 4 is 33.2 Å². The number of aryl methyl sites for hydroxylation is 1. The van der Waals surface area contributed by atoms with Crippen molar-refractivity contribution in [2.45, 2.75) is 25.9 Å². The van der Waals surface area contributed by atoms with Crippen LogP contribution in [-0.2, 0) is 19.5 Å². The molecule has 3 rings (SSSR count). The van der Waals surface area contributed by atoms with Crippen LogP contribution >= 0.6 is 27.3 Å². The molecule has 1 aliphatic heterocycles. The first-order valence-corrected chi connectivity index (χ1v) is 7.73. The molecule has 0 aliphatic carbocycles. The minimum absolute atomic E-state index is 0.0113. The van der Waals surface area contributed by atoms with E-state index in [-0.39, 0.29) is 5.91 Å². The molecule has 0 atom stereocenters. The fraction of sp³-hybridized carbons (Fsp3) is 0.417. The number of hydrogen-bond acceptors (Lipinski definition) is 4. The predicted molar refractivity (Wildman–Crippen MR) is 76.2 cm³/mol. The summed E-state index contributed by atoms with van der Waals surface area (Å²) in [4.78, 5) is 14.7. The smallest absolute Gasteiger partial charge is 0.265 e.